The topological polar surface area (TPSA) is 110 Å². The number of hydrogen-bond acceptors (Lipinski definition) is 8. The molecule has 1 fully saturated rings. The van der Waals surface area contributed by atoms with Crippen LogP contribution in [0.2, 0.25) is 0 Å². The van der Waals surface area contributed by atoms with Crippen molar-refractivity contribution in [3.63, 3.8) is 0 Å². The Labute approximate surface area is 193 Å². The zero-order valence-electron chi connectivity index (χ0n) is 19.6. The minimum atomic E-state index is -0.118. The average molecular weight is 454 g/mol. The molecule has 0 spiro atoms. The molecule has 1 saturated heterocycles. The van der Waals surface area contributed by atoms with Crippen molar-refractivity contribution in [1.29, 1.82) is 0 Å². The summed E-state index contributed by atoms with van der Waals surface area (Å²) in [6.07, 6.45) is 1.01. The molecule has 1 aliphatic rings. The van der Waals surface area contributed by atoms with Crippen LogP contribution in [0.5, 0.6) is 0 Å². The molecule has 33 heavy (non-hydrogen) atoms. The number of nitrogens with zero attached hydrogens (tertiary/aromatic N) is 5. The molecule has 0 unspecified atom stereocenters. The number of methoxy groups -OCH3 is 1. The lowest BCUT2D eigenvalue weighted by atomic mass is 10.3. The highest BCUT2D eigenvalue weighted by molar-refractivity contribution is 5.91. The molecular formula is C23H31N7O3. The third-order valence-electron chi connectivity index (χ3n) is 5.55. The van der Waals surface area contributed by atoms with Crippen LogP contribution < -0.4 is 10.6 Å². The van der Waals surface area contributed by atoms with Gasteiger partial charge in [-0.15, -0.1) is 0 Å². The van der Waals surface area contributed by atoms with Gasteiger partial charge in [-0.25, -0.2) is 14.6 Å². The van der Waals surface area contributed by atoms with Crippen LogP contribution in [0.1, 0.15) is 23.6 Å². The Morgan fingerprint density at radius 1 is 1.24 bits per heavy atom. The van der Waals surface area contributed by atoms with Gasteiger partial charge in [0.2, 0.25) is 5.91 Å². The van der Waals surface area contributed by atoms with E-state index in [1.807, 2.05) is 39.0 Å². The van der Waals surface area contributed by atoms with Crippen molar-refractivity contribution >= 4 is 11.7 Å². The van der Waals surface area contributed by atoms with E-state index < -0.39 is 0 Å². The number of carbonyl (C=O) groups is 1. The van der Waals surface area contributed by atoms with Crippen LogP contribution in [-0.4, -0.2) is 76.5 Å². The first-order valence-electron chi connectivity index (χ1n) is 11.2. The van der Waals surface area contributed by atoms with Crippen molar-refractivity contribution in [3.8, 4) is 17.4 Å². The third kappa shape index (κ3) is 5.84. The molecule has 1 aliphatic heterocycles. The van der Waals surface area contributed by atoms with Crippen LogP contribution in [0.4, 0.5) is 5.82 Å². The van der Waals surface area contributed by atoms with E-state index in [0.717, 1.165) is 43.2 Å². The van der Waals surface area contributed by atoms with Gasteiger partial charge in [0.15, 0.2) is 17.4 Å². The molecule has 0 radical (unpaired) electrons. The first kappa shape index (κ1) is 23.1. The smallest absolute Gasteiger partial charge is 0.239 e. The number of anilines is 1. The second-order valence-electron chi connectivity index (χ2n) is 8.40. The summed E-state index contributed by atoms with van der Waals surface area (Å²) in [5.41, 5.74) is 1.82. The highest BCUT2D eigenvalue weighted by atomic mass is 16.5. The van der Waals surface area contributed by atoms with Gasteiger partial charge >= 0.3 is 0 Å². The largest absolute Gasteiger partial charge is 0.458 e. The van der Waals surface area contributed by atoms with Crippen molar-refractivity contribution in [2.24, 2.45) is 0 Å². The van der Waals surface area contributed by atoms with E-state index in [1.165, 1.54) is 0 Å². The molecule has 3 aromatic heterocycles. The van der Waals surface area contributed by atoms with E-state index in [2.05, 4.69) is 30.6 Å². The van der Waals surface area contributed by atoms with Gasteiger partial charge in [-0.3, -0.25) is 9.69 Å². The minimum absolute atomic E-state index is 0.118. The van der Waals surface area contributed by atoms with E-state index in [1.54, 1.807) is 17.9 Å². The first-order chi connectivity index (χ1) is 15.9. The van der Waals surface area contributed by atoms with Gasteiger partial charge in [-0.1, -0.05) is 0 Å². The second-order valence-corrected chi connectivity index (χ2v) is 8.40. The number of hydrogen-bond donors (Lipinski definition) is 2. The number of aryl methyl sites for hydroxylation is 3. The number of nitrogens with one attached hydrogen (secondary N) is 2. The van der Waals surface area contributed by atoms with Crippen LogP contribution in [-0.2, 0) is 9.53 Å². The Morgan fingerprint density at radius 2 is 2.09 bits per heavy atom. The SMILES string of the molecule is COCCN[C@@H]1CCN(CC(=O)Nc2cc(-n3nc(C)cc3C)nc(-c3ccc(C)o3)n2)C1. The summed E-state index contributed by atoms with van der Waals surface area (Å²) >= 11 is 0. The van der Waals surface area contributed by atoms with Gasteiger partial charge in [0, 0.05) is 44.5 Å². The molecule has 4 rings (SSSR count). The van der Waals surface area contributed by atoms with Crippen LogP contribution in [0.25, 0.3) is 17.4 Å². The van der Waals surface area contributed by atoms with Gasteiger partial charge < -0.3 is 19.8 Å². The number of amides is 1. The van der Waals surface area contributed by atoms with Crippen molar-refractivity contribution in [2.45, 2.75) is 33.2 Å². The van der Waals surface area contributed by atoms with Crippen LogP contribution >= 0.6 is 0 Å². The molecule has 1 atom stereocenters. The predicted molar refractivity (Wildman–Crippen MR) is 124 cm³/mol. The molecule has 0 bridgehead atoms. The molecular weight excluding hydrogens is 422 g/mol. The maximum atomic E-state index is 12.8. The molecule has 1 amide bonds. The van der Waals surface area contributed by atoms with Crippen LogP contribution in [0.3, 0.4) is 0 Å². The second kappa shape index (κ2) is 10.2. The lowest BCUT2D eigenvalue weighted by Crippen LogP contribution is -2.37. The Bertz CT molecular complexity index is 1110. The minimum Gasteiger partial charge on any atom is -0.458 e. The van der Waals surface area contributed by atoms with Gasteiger partial charge in [0.1, 0.15) is 11.6 Å². The molecule has 10 nitrogen and oxygen atoms in total. The fourth-order valence-electron chi connectivity index (χ4n) is 4.03. The van der Waals surface area contributed by atoms with E-state index in [9.17, 15) is 4.79 Å². The molecule has 176 valence electrons. The number of likely N-dealkylation sites (tertiary alicyclic amines) is 1. The van der Waals surface area contributed by atoms with Crippen LogP contribution in [0.15, 0.2) is 28.7 Å². The summed E-state index contributed by atoms with van der Waals surface area (Å²) in [4.78, 5) is 24.1. The molecule has 10 heteroatoms. The summed E-state index contributed by atoms with van der Waals surface area (Å²) in [5, 5.41) is 10.9. The molecule has 4 heterocycles. The van der Waals surface area contributed by atoms with Gasteiger partial charge in [-0.2, -0.15) is 5.10 Å². The Hall–Kier alpha value is -3.08. The Kier molecular flexibility index (Phi) is 7.17. The summed E-state index contributed by atoms with van der Waals surface area (Å²) in [7, 11) is 1.69. The first-order valence-corrected chi connectivity index (χ1v) is 11.2. The number of furan rings is 1. The highest BCUT2D eigenvalue weighted by Crippen LogP contribution is 2.23. The number of rotatable bonds is 9. The predicted octanol–water partition coefficient (Wildman–Crippen LogP) is 2.10. The molecule has 0 saturated carbocycles. The van der Waals surface area contributed by atoms with Gasteiger partial charge in [0.25, 0.3) is 0 Å². The lowest BCUT2D eigenvalue weighted by Gasteiger charge is -2.16. The maximum Gasteiger partial charge on any atom is 0.239 e. The normalized spacial score (nSPS) is 16.4. The zero-order chi connectivity index (χ0) is 23.4. The number of carbonyl (C=O) groups excluding carboxylic acids is 1. The Balaban J connectivity index is 1.49. The molecule has 3 aromatic rings. The fourth-order valence-corrected chi connectivity index (χ4v) is 4.03. The van der Waals surface area contributed by atoms with E-state index in [4.69, 9.17) is 9.15 Å². The quantitative estimate of drug-likeness (QED) is 0.474. The monoisotopic (exact) mass is 453 g/mol. The zero-order valence-corrected chi connectivity index (χ0v) is 19.6. The third-order valence-corrected chi connectivity index (χ3v) is 5.55. The van der Waals surface area contributed by atoms with Crippen molar-refractivity contribution in [3.05, 3.63) is 41.4 Å². The summed E-state index contributed by atoms with van der Waals surface area (Å²) < 4.78 is 12.6. The van der Waals surface area contributed by atoms with Crippen molar-refractivity contribution < 1.29 is 13.9 Å². The Morgan fingerprint density at radius 3 is 2.79 bits per heavy atom. The lowest BCUT2D eigenvalue weighted by molar-refractivity contribution is -0.117. The molecule has 0 aromatic carbocycles. The summed E-state index contributed by atoms with van der Waals surface area (Å²) in [6.45, 7) is 9.25. The standard InChI is InChI=1S/C23H31N7O3/c1-15-11-16(2)30(28-15)21-12-20(26-23(27-21)19-6-5-17(3)33-19)25-22(31)14-29-9-7-18(13-29)24-8-10-32-4/h5-6,11-12,18,24H,7-10,13-14H2,1-4H3,(H,25,26,27,31)/t18-/m1/s1. The summed E-state index contributed by atoms with van der Waals surface area (Å²) in [6, 6.07) is 7.76. The maximum absolute atomic E-state index is 12.8. The fraction of sp³-hybridized carbons (Fsp3) is 0.478. The van der Waals surface area contributed by atoms with Crippen molar-refractivity contribution in [2.75, 3.05) is 45.2 Å². The highest BCUT2D eigenvalue weighted by Gasteiger charge is 2.24. The van der Waals surface area contributed by atoms with Gasteiger partial charge in [-0.05, 0) is 45.4 Å². The van der Waals surface area contributed by atoms with E-state index >= 15 is 0 Å². The molecule has 0 aliphatic carbocycles. The number of ether oxygens (including phenoxy) is 1. The van der Waals surface area contributed by atoms with Crippen LogP contribution in [0, 0.1) is 20.8 Å². The van der Waals surface area contributed by atoms with Crippen molar-refractivity contribution in [1.82, 2.24) is 30.0 Å². The average Bonchev–Trinajstić information content (AvgIpc) is 3.48. The van der Waals surface area contributed by atoms with E-state index in [0.29, 0.717) is 42.4 Å². The summed E-state index contributed by atoms with van der Waals surface area (Å²) in [5.74, 6) is 2.56. The van der Waals surface area contributed by atoms with E-state index in [-0.39, 0.29) is 5.91 Å². The molecule has 2 N–H and O–H groups in total. The number of aromatic nitrogens is 4. The van der Waals surface area contributed by atoms with Gasteiger partial charge in [0.05, 0.1) is 18.8 Å².